The first-order valence-electron chi connectivity index (χ1n) is 8.89. The maximum Gasteiger partial charge on any atom is 0.253 e. The van der Waals surface area contributed by atoms with Gasteiger partial charge >= 0.3 is 0 Å². The van der Waals surface area contributed by atoms with Crippen LogP contribution in [0.4, 0.5) is 0 Å². The SMILES string of the molecule is CC(=O)N1CCC(c2nnc3ccc(C(=O)NCc4cccnc4)cn23)C1. The van der Waals surface area contributed by atoms with E-state index in [4.69, 9.17) is 0 Å². The lowest BCUT2D eigenvalue weighted by atomic mass is 10.1. The Morgan fingerprint density at radius 2 is 2.15 bits per heavy atom. The molecule has 1 aliphatic heterocycles. The fraction of sp³-hybridized carbons (Fsp3) is 0.316. The molecule has 8 heteroatoms. The molecule has 0 radical (unpaired) electrons. The van der Waals surface area contributed by atoms with E-state index in [-0.39, 0.29) is 17.7 Å². The Morgan fingerprint density at radius 3 is 2.89 bits per heavy atom. The fourth-order valence-electron chi connectivity index (χ4n) is 3.37. The lowest BCUT2D eigenvalue weighted by Crippen LogP contribution is -2.25. The average molecular weight is 364 g/mol. The van der Waals surface area contributed by atoms with Crippen molar-refractivity contribution in [3.63, 3.8) is 0 Å². The van der Waals surface area contributed by atoms with Crippen molar-refractivity contribution in [3.8, 4) is 0 Å². The molecule has 0 aromatic carbocycles. The maximum absolute atomic E-state index is 12.5. The first-order valence-corrected chi connectivity index (χ1v) is 8.89. The summed E-state index contributed by atoms with van der Waals surface area (Å²) in [5.41, 5.74) is 2.16. The van der Waals surface area contributed by atoms with Crippen LogP contribution in [0.15, 0.2) is 42.9 Å². The molecular formula is C19H20N6O2. The third-order valence-electron chi connectivity index (χ3n) is 4.87. The van der Waals surface area contributed by atoms with Crippen LogP contribution in [-0.2, 0) is 11.3 Å². The molecule has 4 heterocycles. The molecule has 1 unspecified atom stereocenters. The van der Waals surface area contributed by atoms with Gasteiger partial charge in [-0.25, -0.2) is 0 Å². The molecule has 1 N–H and O–H groups in total. The van der Waals surface area contributed by atoms with Crippen LogP contribution in [-0.4, -0.2) is 49.4 Å². The first-order chi connectivity index (χ1) is 13.1. The van der Waals surface area contributed by atoms with E-state index in [9.17, 15) is 9.59 Å². The number of pyridine rings is 2. The Bertz CT molecular complexity index is 984. The average Bonchev–Trinajstić information content (AvgIpc) is 3.33. The third-order valence-corrected chi connectivity index (χ3v) is 4.87. The number of carbonyl (C=O) groups is 2. The standard InChI is InChI=1S/C19H20N6O2/c1-13(26)24-8-6-15(11-24)18-23-22-17-5-4-16(12-25(17)18)19(27)21-10-14-3-2-7-20-9-14/h2-5,7,9,12,15H,6,8,10-11H2,1H3,(H,21,27). The van der Waals surface area contributed by atoms with Gasteiger partial charge in [-0.2, -0.15) is 0 Å². The molecule has 138 valence electrons. The Morgan fingerprint density at radius 1 is 1.26 bits per heavy atom. The van der Waals surface area contributed by atoms with E-state index >= 15 is 0 Å². The lowest BCUT2D eigenvalue weighted by Gasteiger charge is -2.13. The van der Waals surface area contributed by atoms with E-state index in [1.165, 1.54) is 0 Å². The number of aromatic nitrogens is 4. The third kappa shape index (κ3) is 3.51. The molecule has 4 rings (SSSR count). The predicted molar refractivity (Wildman–Crippen MR) is 98.0 cm³/mol. The van der Waals surface area contributed by atoms with Crippen LogP contribution >= 0.6 is 0 Å². The number of nitrogens with one attached hydrogen (secondary N) is 1. The van der Waals surface area contributed by atoms with E-state index in [0.29, 0.717) is 24.3 Å². The number of hydrogen-bond acceptors (Lipinski definition) is 5. The minimum Gasteiger partial charge on any atom is -0.348 e. The second-order valence-corrected chi connectivity index (χ2v) is 6.70. The van der Waals surface area contributed by atoms with Gasteiger partial charge in [0.25, 0.3) is 5.91 Å². The van der Waals surface area contributed by atoms with Crippen molar-refractivity contribution in [2.45, 2.75) is 25.8 Å². The van der Waals surface area contributed by atoms with E-state index < -0.39 is 0 Å². The van der Waals surface area contributed by atoms with Gasteiger partial charge in [0.15, 0.2) is 5.65 Å². The largest absolute Gasteiger partial charge is 0.348 e. The van der Waals surface area contributed by atoms with Crippen molar-refractivity contribution >= 4 is 17.5 Å². The molecule has 27 heavy (non-hydrogen) atoms. The topological polar surface area (TPSA) is 92.5 Å². The zero-order valence-corrected chi connectivity index (χ0v) is 15.0. The van der Waals surface area contributed by atoms with Gasteiger partial charge in [0.1, 0.15) is 5.82 Å². The summed E-state index contributed by atoms with van der Waals surface area (Å²) >= 11 is 0. The second kappa shape index (κ2) is 7.14. The van der Waals surface area contributed by atoms with Crippen molar-refractivity contribution in [1.82, 2.24) is 29.8 Å². The number of nitrogens with zero attached hydrogens (tertiary/aromatic N) is 5. The van der Waals surface area contributed by atoms with E-state index in [1.54, 1.807) is 37.6 Å². The minimum atomic E-state index is -0.169. The highest BCUT2D eigenvalue weighted by Gasteiger charge is 2.29. The van der Waals surface area contributed by atoms with E-state index in [0.717, 1.165) is 24.4 Å². The molecule has 0 bridgehead atoms. The summed E-state index contributed by atoms with van der Waals surface area (Å²) in [6, 6.07) is 7.27. The van der Waals surface area contributed by atoms with Crippen molar-refractivity contribution in [2.75, 3.05) is 13.1 Å². The number of amides is 2. The molecule has 1 saturated heterocycles. The summed E-state index contributed by atoms with van der Waals surface area (Å²) in [7, 11) is 0. The molecule has 1 atom stereocenters. The number of fused-ring (bicyclic) bond motifs is 1. The normalized spacial score (nSPS) is 16.6. The highest BCUT2D eigenvalue weighted by atomic mass is 16.2. The lowest BCUT2D eigenvalue weighted by molar-refractivity contribution is -0.127. The zero-order chi connectivity index (χ0) is 18.8. The Balaban J connectivity index is 1.53. The highest BCUT2D eigenvalue weighted by molar-refractivity contribution is 5.94. The van der Waals surface area contributed by atoms with E-state index in [1.807, 2.05) is 21.4 Å². The van der Waals surface area contributed by atoms with E-state index in [2.05, 4.69) is 20.5 Å². The molecule has 8 nitrogen and oxygen atoms in total. The monoisotopic (exact) mass is 364 g/mol. The highest BCUT2D eigenvalue weighted by Crippen LogP contribution is 2.26. The Labute approximate surface area is 156 Å². The zero-order valence-electron chi connectivity index (χ0n) is 15.0. The fourth-order valence-corrected chi connectivity index (χ4v) is 3.37. The molecular weight excluding hydrogens is 344 g/mol. The van der Waals surface area contributed by atoms with Crippen LogP contribution in [0.3, 0.4) is 0 Å². The van der Waals surface area contributed by atoms with Gasteiger partial charge in [0.05, 0.1) is 5.56 Å². The molecule has 1 aliphatic rings. The number of rotatable bonds is 4. The van der Waals surface area contributed by atoms with Crippen molar-refractivity contribution in [3.05, 3.63) is 59.8 Å². The second-order valence-electron chi connectivity index (χ2n) is 6.70. The molecule has 0 spiro atoms. The quantitative estimate of drug-likeness (QED) is 0.755. The minimum absolute atomic E-state index is 0.0711. The molecule has 2 amide bonds. The van der Waals surface area contributed by atoms with Crippen molar-refractivity contribution in [2.24, 2.45) is 0 Å². The number of hydrogen-bond donors (Lipinski definition) is 1. The van der Waals surface area contributed by atoms with Crippen LogP contribution in [0.1, 0.15) is 41.0 Å². The van der Waals surface area contributed by atoms with Crippen LogP contribution in [0.25, 0.3) is 5.65 Å². The summed E-state index contributed by atoms with van der Waals surface area (Å²) in [6.45, 7) is 3.35. The number of likely N-dealkylation sites (tertiary alicyclic amines) is 1. The maximum atomic E-state index is 12.5. The van der Waals surface area contributed by atoms with Crippen LogP contribution in [0.5, 0.6) is 0 Å². The summed E-state index contributed by atoms with van der Waals surface area (Å²) in [5.74, 6) is 0.812. The molecule has 0 saturated carbocycles. The summed E-state index contributed by atoms with van der Waals surface area (Å²) in [4.78, 5) is 30.0. The van der Waals surface area contributed by atoms with Crippen LogP contribution < -0.4 is 5.32 Å². The summed E-state index contributed by atoms with van der Waals surface area (Å²) < 4.78 is 1.85. The van der Waals surface area contributed by atoms with Gasteiger partial charge < -0.3 is 10.2 Å². The van der Waals surface area contributed by atoms with Gasteiger partial charge in [-0.15, -0.1) is 10.2 Å². The smallest absolute Gasteiger partial charge is 0.253 e. The molecule has 0 aliphatic carbocycles. The van der Waals surface area contributed by atoms with Gasteiger partial charge in [0, 0.05) is 51.1 Å². The molecule has 3 aromatic rings. The number of carbonyl (C=O) groups excluding carboxylic acids is 2. The van der Waals surface area contributed by atoms with Gasteiger partial charge in [-0.3, -0.25) is 19.0 Å². The summed E-state index contributed by atoms with van der Waals surface area (Å²) in [5, 5.41) is 11.4. The predicted octanol–water partition coefficient (Wildman–Crippen LogP) is 1.39. The molecule has 3 aromatic heterocycles. The van der Waals surface area contributed by atoms with Gasteiger partial charge in [0.2, 0.25) is 5.91 Å². The Hall–Kier alpha value is -3.29. The molecule has 1 fully saturated rings. The Kier molecular flexibility index (Phi) is 4.53. The van der Waals surface area contributed by atoms with Crippen molar-refractivity contribution in [1.29, 1.82) is 0 Å². The van der Waals surface area contributed by atoms with Gasteiger partial charge in [-0.1, -0.05) is 6.07 Å². The van der Waals surface area contributed by atoms with Crippen LogP contribution in [0.2, 0.25) is 0 Å². The van der Waals surface area contributed by atoms with Crippen molar-refractivity contribution < 1.29 is 9.59 Å². The first kappa shape index (κ1) is 17.1. The summed E-state index contributed by atoms with van der Waals surface area (Å²) in [6.07, 6.45) is 6.03. The van der Waals surface area contributed by atoms with Gasteiger partial charge in [-0.05, 0) is 30.2 Å². The van der Waals surface area contributed by atoms with Crippen LogP contribution in [0, 0.1) is 0 Å².